The van der Waals surface area contributed by atoms with Gasteiger partial charge < -0.3 is 14.6 Å². The highest BCUT2D eigenvalue weighted by Crippen LogP contribution is 2.25. The van der Waals surface area contributed by atoms with Gasteiger partial charge in [-0.05, 0) is 38.4 Å². The zero-order valence-corrected chi connectivity index (χ0v) is 14.5. The van der Waals surface area contributed by atoms with Gasteiger partial charge >= 0.3 is 0 Å². The largest absolute Gasteiger partial charge is 0.492 e. The Bertz CT molecular complexity index is 674. The average Bonchev–Trinajstić information content (AvgIpc) is 3.06. The molecule has 0 radical (unpaired) electrons. The topological polar surface area (TPSA) is 80.5 Å². The first-order valence-electron chi connectivity index (χ1n) is 8.68. The molecule has 2 heterocycles. The summed E-state index contributed by atoms with van der Waals surface area (Å²) in [7, 11) is 0. The van der Waals surface area contributed by atoms with Crippen LogP contribution in [0.15, 0.2) is 34.9 Å². The van der Waals surface area contributed by atoms with Gasteiger partial charge in [-0.15, -0.1) is 0 Å². The van der Waals surface area contributed by atoms with Crippen LogP contribution in [0.3, 0.4) is 0 Å². The van der Waals surface area contributed by atoms with E-state index in [2.05, 4.69) is 20.4 Å². The van der Waals surface area contributed by atoms with Crippen molar-refractivity contribution in [1.82, 2.24) is 20.4 Å². The van der Waals surface area contributed by atoms with Crippen molar-refractivity contribution in [3.05, 3.63) is 42.0 Å². The van der Waals surface area contributed by atoms with Gasteiger partial charge in [-0.1, -0.05) is 23.4 Å². The molecule has 1 unspecified atom stereocenters. The van der Waals surface area contributed by atoms with Gasteiger partial charge in [-0.25, -0.2) is 0 Å². The quantitative estimate of drug-likeness (QED) is 0.771. The van der Waals surface area contributed by atoms with Crippen LogP contribution in [0.2, 0.25) is 0 Å². The molecule has 1 N–H and O–H groups in total. The number of benzene rings is 1. The Morgan fingerprint density at radius 2 is 2.24 bits per heavy atom. The van der Waals surface area contributed by atoms with Gasteiger partial charge in [0.05, 0.1) is 19.0 Å². The van der Waals surface area contributed by atoms with Crippen molar-refractivity contribution < 1.29 is 14.1 Å². The van der Waals surface area contributed by atoms with E-state index >= 15 is 0 Å². The van der Waals surface area contributed by atoms with Crippen LogP contribution in [0.25, 0.3) is 0 Å². The molecule has 0 aliphatic carbocycles. The maximum absolute atomic E-state index is 12.1. The molecule has 1 atom stereocenters. The molecule has 7 heteroatoms. The number of likely N-dealkylation sites (tertiary alicyclic amines) is 1. The van der Waals surface area contributed by atoms with E-state index in [-0.39, 0.29) is 11.8 Å². The molecular formula is C18H24N4O3. The van der Waals surface area contributed by atoms with Gasteiger partial charge in [0, 0.05) is 6.54 Å². The molecule has 0 spiro atoms. The molecule has 1 amide bonds. The second-order valence-corrected chi connectivity index (χ2v) is 6.27. The molecule has 134 valence electrons. The lowest BCUT2D eigenvalue weighted by atomic mass is 9.98. The van der Waals surface area contributed by atoms with Crippen LogP contribution in [0.4, 0.5) is 0 Å². The Hall–Kier alpha value is -2.41. The Morgan fingerprint density at radius 3 is 3.00 bits per heavy atom. The molecule has 1 aliphatic heterocycles. The summed E-state index contributed by atoms with van der Waals surface area (Å²) in [6.07, 6.45) is 2.04. The van der Waals surface area contributed by atoms with E-state index in [1.54, 1.807) is 0 Å². The minimum absolute atomic E-state index is 0.0130. The van der Waals surface area contributed by atoms with Gasteiger partial charge in [-0.2, -0.15) is 4.98 Å². The number of nitrogens with zero attached hydrogens (tertiary/aromatic N) is 3. The molecular weight excluding hydrogens is 320 g/mol. The van der Waals surface area contributed by atoms with Gasteiger partial charge in [0.25, 0.3) is 0 Å². The number of hydrogen-bond donors (Lipinski definition) is 1. The van der Waals surface area contributed by atoms with E-state index in [0.717, 1.165) is 31.7 Å². The number of carbonyl (C=O) groups is 1. The smallest absolute Gasteiger partial charge is 0.234 e. The molecule has 0 bridgehead atoms. The SMILES string of the molecule is Cc1noc(C2CCCN(CC(=O)NCCOc3ccccc3)C2)n1. The summed E-state index contributed by atoms with van der Waals surface area (Å²) in [5.41, 5.74) is 0. The number of amides is 1. The van der Waals surface area contributed by atoms with Crippen LogP contribution in [0.5, 0.6) is 5.75 Å². The molecule has 1 saturated heterocycles. The van der Waals surface area contributed by atoms with Crippen LogP contribution in [-0.2, 0) is 4.79 Å². The highest BCUT2D eigenvalue weighted by molar-refractivity contribution is 5.78. The third-order valence-electron chi connectivity index (χ3n) is 4.20. The molecule has 1 aromatic heterocycles. The molecule has 1 fully saturated rings. The zero-order chi connectivity index (χ0) is 17.5. The Kier molecular flexibility index (Phi) is 6.00. The minimum atomic E-state index is 0.0130. The van der Waals surface area contributed by atoms with Gasteiger partial charge in [0.2, 0.25) is 11.8 Å². The number of rotatable bonds is 7. The third-order valence-corrected chi connectivity index (χ3v) is 4.20. The lowest BCUT2D eigenvalue weighted by Gasteiger charge is -2.30. The van der Waals surface area contributed by atoms with Gasteiger partial charge in [-0.3, -0.25) is 9.69 Å². The summed E-state index contributed by atoms with van der Waals surface area (Å²) in [6.45, 7) is 4.84. The molecule has 0 saturated carbocycles. The summed E-state index contributed by atoms with van der Waals surface area (Å²) in [5.74, 6) is 2.37. The number of piperidine rings is 1. The van der Waals surface area contributed by atoms with Crippen molar-refractivity contribution in [1.29, 1.82) is 0 Å². The van der Waals surface area contributed by atoms with Crippen LogP contribution < -0.4 is 10.1 Å². The maximum atomic E-state index is 12.1. The predicted molar refractivity (Wildman–Crippen MR) is 92.4 cm³/mol. The predicted octanol–water partition coefficient (Wildman–Crippen LogP) is 1.75. The second kappa shape index (κ2) is 8.62. The highest BCUT2D eigenvalue weighted by Gasteiger charge is 2.26. The van der Waals surface area contributed by atoms with Gasteiger partial charge in [0.15, 0.2) is 5.82 Å². The summed E-state index contributed by atoms with van der Waals surface area (Å²) < 4.78 is 10.8. The number of nitrogens with one attached hydrogen (secondary N) is 1. The van der Waals surface area contributed by atoms with Crippen molar-refractivity contribution in [3.63, 3.8) is 0 Å². The summed E-state index contributed by atoms with van der Waals surface area (Å²) in [5, 5.41) is 6.76. The molecule has 7 nitrogen and oxygen atoms in total. The molecule has 1 aromatic carbocycles. The molecule has 2 aromatic rings. The van der Waals surface area contributed by atoms with Crippen LogP contribution in [0.1, 0.15) is 30.5 Å². The van der Waals surface area contributed by atoms with Crippen molar-refractivity contribution in [3.8, 4) is 5.75 Å². The Labute approximate surface area is 147 Å². The number of hydrogen-bond acceptors (Lipinski definition) is 6. The lowest BCUT2D eigenvalue weighted by Crippen LogP contribution is -2.42. The Balaban J connectivity index is 1.37. The van der Waals surface area contributed by atoms with Crippen LogP contribution >= 0.6 is 0 Å². The summed E-state index contributed by atoms with van der Waals surface area (Å²) in [6, 6.07) is 9.58. The first kappa shape index (κ1) is 17.4. The fraction of sp³-hybridized carbons (Fsp3) is 0.500. The second-order valence-electron chi connectivity index (χ2n) is 6.27. The summed E-state index contributed by atoms with van der Waals surface area (Å²) in [4.78, 5) is 18.6. The van der Waals surface area contributed by atoms with E-state index in [1.165, 1.54) is 0 Å². The molecule has 1 aliphatic rings. The first-order valence-corrected chi connectivity index (χ1v) is 8.68. The van der Waals surface area contributed by atoms with E-state index in [1.807, 2.05) is 37.3 Å². The number of aryl methyl sites for hydroxylation is 1. The van der Waals surface area contributed by atoms with E-state index < -0.39 is 0 Å². The maximum Gasteiger partial charge on any atom is 0.234 e. The van der Waals surface area contributed by atoms with Crippen LogP contribution in [-0.4, -0.2) is 53.7 Å². The van der Waals surface area contributed by atoms with Crippen molar-refractivity contribution in [2.45, 2.75) is 25.7 Å². The van der Waals surface area contributed by atoms with E-state index in [0.29, 0.717) is 31.4 Å². The fourth-order valence-corrected chi connectivity index (χ4v) is 3.01. The highest BCUT2D eigenvalue weighted by atomic mass is 16.5. The number of aromatic nitrogens is 2. The van der Waals surface area contributed by atoms with Crippen molar-refractivity contribution in [2.75, 3.05) is 32.8 Å². The van der Waals surface area contributed by atoms with E-state index in [9.17, 15) is 4.79 Å². The Morgan fingerprint density at radius 1 is 1.40 bits per heavy atom. The molecule has 3 rings (SSSR count). The lowest BCUT2D eigenvalue weighted by molar-refractivity contribution is -0.122. The van der Waals surface area contributed by atoms with Crippen LogP contribution in [0, 0.1) is 6.92 Å². The monoisotopic (exact) mass is 344 g/mol. The number of carbonyl (C=O) groups excluding carboxylic acids is 1. The minimum Gasteiger partial charge on any atom is -0.492 e. The van der Waals surface area contributed by atoms with Crippen molar-refractivity contribution in [2.24, 2.45) is 0 Å². The zero-order valence-electron chi connectivity index (χ0n) is 14.5. The number of para-hydroxylation sites is 1. The number of ether oxygens (including phenoxy) is 1. The third kappa shape index (κ3) is 5.29. The van der Waals surface area contributed by atoms with Crippen molar-refractivity contribution >= 4 is 5.91 Å². The normalized spacial score (nSPS) is 18.0. The average molecular weight is 344 g/mol. The standard InChI is InChI=1S/C18H24N4O3/c1-14-20-18(25-21-14)15-6-5-10-22(12-15)13-17(23)19-9-11-24-16-7-3-2-4-8-16/h2-4,7-8,15H,5-6,9-13H2,1H3,(H,19,23). The van der Waals surface area contributed by atoms with E-state index in [4.69, 9.17) is 9.26 Å². The first-order chi connectivity index (χ1) is 12.2. The fourth-order valence-electron chi connectivity index (χ4n) is 3.01. The van der Waals surface area contributed by atoms with Gasteiger partial charge in [0.1, 0.15) is 12.4 Å². The molecule has 25 heavy (non-hydrogen) atoms. The summed E-state index contributed by atoms with van der Waals surface area (Å²) >= 11 is 0.